The van der Waals surface area contributed by atoms with Crippen molar-refractivity contribution in [3.63, 3.8) is 0 Å². The average molecular weight is 353 g/mol. The van der Waals surface area contributed by atoms with Crippen LogP contribution in [0.5, 0.6) is 0 Å². The minimum absolute atomic E-state index is 0.0339. The SMILES string of the molecule is C=C(C)C#CC(CC(C)C)O[Si](CC)(CC)OCCCCCCC. The molecular formula is C21H40O2Si. The molecule has 0 aliphatic carbocycles. The summed E-state index contributed by atoms with van der Waals surface area (Å²) in [4.78, 5) is 0. The van der Waals surface area contributed by atoms with Crippen LogP contribution in [0.1, 0.15) is 80.1 Å². The van der Waals surface area contributed by atoms with E-state index in [4.69, 9.17) is 8.85 Å². The van der Waals surface area contributed by atoms with Gasteiger partial charge in [0.15, 0.2) is 0 Å². The molecular weight excluding hydrogens is 312 g/mol. The summed E-state index contributed by atoms with van der Waals surface area (Å²) in [5.74, 6) is 6.94. The molecule has 3 heteroatoms. The van der Waals surface area contributed by atoms with E-state index in [9.17, 15) is 0 Å². The first-order valence-electron chi connectivity index (χ1n) is 9.87. The Bertz CT molecular complexity index is 388. The molecule has 0 aromatic carbocycles. The summed E-state index contributed by atoms with van der Waals surface area (Å²) in [6, 6.07) is 1.98. The van der Waals surface area contributed by atoms with E-state index < -0.39 is 8.56 Å². The van der Waals surface area contributed by atoms with Gasteiger partial charge in [-0.05, 0) is 43.3 Å². The molecule has 0 aliphatic rings. The molecule has 0 saturated carbocycles. The van der Waals surface area contributed by atoms with Crippen molar-refractivity contribution < 1.29 is 8.85 Å². The van der Waals surface area contributed by atoms with Crippen LogP contribution in [0, 0.1) is 17.8 Å². The van der Waals surface area contributed by atoms with Crippen molar-refractivity contribution in [3.8, 4) is 11.8 Å². The van der Waals surface area contributed by atoms with Gasteiger partial charge in [-0.1, -0.05) is 78.7 Å². The highest BCUT2D eigenvalue weighted by Gasteiger charge is 2.36. The number of allylic oxidation sites excluding steroid dienone is 1. The van der Waals surface area contributed by atoms with E-state index in [0.29, 0.717) is 5.92 Å². The standard InChI is InChI=1S/C21H40O2Si/c1-8-11-12-13-14-17-22-24(9-2,10-3)23-21(18-20(6)7)16-15-19(4)5/h20-21H,4,8-14,17-18H2,1-3,5-7H3. The van der Waals surface area contributed by atoms with E-state index in [2.05, 4.69) is 53.0 Å². The third kappa shape index (κ3) is 11.1. The molecule has 0 aromatic rings. The largest absolute Gasteiger partial charge is 0.394 e. The van der Waals surface area contributed by atoms with E-state index in [1.165, 1.54) is 25.7 Å². The van der Waals surface area contributed by atoms with Crippen LogP contribution >= 0.6 is 0 Å². The zero-order valence-electron chi connectivity index (χ0n) is 17.0. The van der Waals surface area contributed by atoms with E-state index in [1.54, 1.807) is 0 Å². The van der Waals surface area contributed by atoms with Crippen molar-refractivity contribution in [1.82, 2.24) is 0 Å². The highest BCUT2D eigenvalue weighted by molar-refractivity contribution is 6.67. The van der Waals surface area contributed by atoms with Gasteiger partial charge in [0.1, 0.15) is 6.10 Å². The fraction of sp³-hybridized carbons (Fsp3) is 0.810. The molecule has 24 heavy (non-hydrogen) atoms. The lowest BCUT2D eigenvalue weighted by molar-refractivity contribution is 0.128. The molecule has 0 rings (SSSR count). The lowest BCUT2D eigenvalue weighted by Crippen LogP contribution is -2.44. The van der Waals surface area contributed by atoms with Crippen LogP contribution < -0.4 is 0 Å². The zero-order valence-corrected chi connectivity index (χ0v) is 18.0. The predicted octanol–water partition coefficient (Wildman–Crippen LogP) is 6.47. The van der Waals surface area contributed by atoms with Crippen molar-refractivity contribution in [2.45, 2.75) is 98.3 Å². The molecule has 0 N–H and O–H groups in total. The van der Waals surface area contributed by atoms with Crippen molar-refractivity contribution >= 4 is 8.56 Å². The molecule has 0 spiro atoms. The van der Waals surface area contributed by atoms with Crippen molar-refractivity contribution in [3.05, 3.63) is 12.2 Å². The summed E-state index contributed by atoms with van der Waals surface area (Å²) >= 11 is 0. The Labute approximate surface area is 152 Å². The van der Waals surface area contributed by atoms with Crippen LogP contribution in [0.25, 0.3) is 0 Å². The summed E-state index contributed by atoms with van der Waals surface area (Å²) in [6.07, 6.45) is 7.25. The third-order valence-corrected chi connectivity index (χ3v) is 7.78. The number of rotatable bonds is 13. The predicted molar refractivity (Wildman–Crippen MR) is 108 cm³/mol. The Morgan fingerprint density at radius 1 is 1.04 bits per heavy atom. The molecule has 0 saturated heterocycles. The van der Waals surface area contributed by atoms with E-state index in [-0.39, 0.29) is 6.10 Å². The smallest absolute Gasteiger partial charge is 0.338 e. The van der Waals surface area contributed by atoms with Crippen molar-refractivity contribution in [2.75, 3.05) is 6.61 Å². The van der Waals surface area contributed by atoms with Crippen LogP contribution in [-0.4, -0.2) is 21.3 Å². The molecule has 1 atom stereocenters. The van der Waals surface area contributed by atoms with Gasteiger partial charge in [-0.2, -0.15) is 0 Å². The zero-order chi connectivity index (χ0) is 18.4. The molecule has 0 fully saturated rings. The first-order valence-corrected chi connectivity index (χ1v) is 12.1. The molecule has 140 valence electrons. The van der Waals surface area contributed by atoms with Gasteiger partial charge in [0.05, 0.1) is 0 Å². The minimum atomic E-state index is -2.15. The molecule has 0 amide bonds. The minimum Gasteiger partial charge on any atom is -0.394 e. The Morgan fingerprint density at radius 2 is 1.67 bits per heavy atom. The van der Waals surface area contributed by atoms with Gasteiger partial charge in [-0.25, -0.2) is 0 Å². The van der Waals surface area contributed by atoms with E-state index in [0.717, 1.165) is 37.1 Å². The average Bonchev–Trinajstić information content (AvgIpc) is 2.54. The summed E-state index contributed by atoms with van der Waals surface area (Å²) in [6.45, 7) is 17.7. The summed E-state index contributed by atoms with van der Waals surface area (Å²) in [5.41, 5.74) is 0.893. The van der Waals surface area contributed by atoms with Gasteiger partial charge in [0.2, 0.25) is 0 Å². The van der Waals surface area contributed by atoms with Gasteiger partial charge in [-0.3, -0.25) is 0 Å². The lowest BCUT2D eigenvalue weighted by Gasteiger charge is -2.32. The molecule has 1 unspecified atom stereocenters. The Hall–Kier alpha value is -0.563. The van der Waals surface area contributed by atoms with E-state index >= 15 is 0 Å². The second-order valence-electron chi connectivity index (χ2n) is 7.17. The van der Waals surface area contributed by atoms with Gasteiger partial charge >= 0.3 is 8.56 Å². The monoisotopic (exact) mass is 352 g/mol. The summed E-state index contributed by atoms with van der Waals surface area (Å²) in [5, 5.41) is 0. The maximum atomic E-state index is 6.53. The topological polar surface area (TPSA) is 18.5 Å². The van der Waals surface area contributed by atoms with Crippen LogP contribution in [0.4, 0.5) is 0 Å². The van der Waals surface area contributed by atoms with Gasteiger partial charge in [0, 0.05) is 6.61 Å². The van der Waals surface area contributed by atoms with Crippen LogP contribution in [0.3, 0.4) is 0 Å². The van der Waals surface area contributed by atoms with E-state index in [1.807, 2.05) is 6.92 Å². The molecule has 0 bridgehead atoms. The fourth-order valence-corrected chi connectivity index (χ4v) is 5.15. The Balaban J connectivity index is 4.72. The fourth-order valence-electron chi connectivity index (χ4n) is 2.65. The molecule has 0 aromatic heterocycles. The summed E-state index contributed by atoms with van der Waals surface area (Å²) < 4.78 is 12.9. The van der Waals surface area contributed by atoms with Gasteiger partial charge < -0.3 is 8.85 Å². The summed E-state index contributed by atoms with van der Waals surface area (Å²) in [7, 11) is -2.15. The van der Waals surface area contributed by atoms with Crippen LogP contribution in [0.15, 0.2) is 12.2 Å². The molecule has 0 heterocycles. The second-order valence-corrected chi connectivity index (χ2v) is 10.9. The maximum absolute atomic E-state index is 6.53. The Morgan fingerprint density at radius 3 is 2.17 bits per heavy atom. The number of hydrogen-bond acceptors (Lipinski definition) is 2. The molecule has 0 radical (unpaired) electrons. The highest BCUT2D eigenvalue weighted by Crippen LogP contribution is 2.23. The Kier molecular flexibility index (Phi) is 13.4. The van der Waals surface area contributed by atoms with Crippen LogP contribution in [0.2, 0.25) is 12.1 Å². The van der Waals surface area contributed by atoms with Crippen molar-refractivity contribution in [2.24, 2.45) is 5.92 Å². The number of hydrogen-bond donors (Lipinski definition) is 0. The first-order chi connectivity index (χ1) is 11.4. The van der Waals surface area contributed by atoms with Crippen molar-refractivity contribution in [1.29, 1.82) is 0 Å². The number of unbranched alkanes of at least 4 members (excludes halogenated alkanes) is 4. The quantitative estimate of drug-likeness (QED) is 0.215. The first kappa shape index (κ1) is 23.4. The molecule has 0 aliphatic heterocycles. The van der Waals surface area contributed by atoms with Gasteiger partial charge in [-0.15, -0.1) is 0 Å². The van der Waals surface area contributed by atoms with Gasteiger partial charge in [0.25, 0.3) is 0 Å². The second kappa shape index (κ2) is 13.7. The lowest BCUT2D eigenvalue weighted by atomic mass is 10.1. The highest BCUT2D eigenvalue weighted by atomic mass is 28.4. The molecule has 2 nitrogen and oxygen atoms in total. The third-order valence-electron chi connectivity index (χ3n) is 4.18. The van der Waals surface area contributed by atoms with Crippen LogP contribution in [-0.2, 0) is 8.85 Å². The normalized spacial score (nSPS) is 12.8. The maximum Gasteiger partial charge on any atom is 0.338 e.